The average molecular weight is 314 g/mol. The summed E-state index contributed by atoms with van der Waals surface area (Å²) < 4.78 is 7.24. The van der Waals surface area contributed by atoms with Gasteiger partial charge < -0.3 is 15.0 Å². The lowest BCUT2D eigenvalue weighted by Gasteiger charge is -2.26. The third-order valence-electron chi connectivity index (χ3n) is 5.18. The van der Waals surface area contributed by atoms with E-state index in [-0.39, 0.29) is 5.56 Å². The topological polar surface area (TPSA) is 57.2 Å². The van der Waals surface area contributed by atoms with Crippen molar-refractivity contribution in [3.63, 3.8) is 0 Å². The normalized spacial score (nSPS) is 21.5. The van der Waals surface area contributed by atoms with E-state index in [9.17, 15) is 4.79 Å². The number of hydrogen-bond donors (Lipinski definition) is 1. The van der Waals surface area contributed by atoms with E-state index in [1.54, 1.807) is 13.2 Å². The Morgan fingerprint density at radius 1 is 1.22 bits per heavy atom. The molecule has 0 atom stereocenters. The van der Waals surface area contributed by atoms with Crippen LogP contribution < -0.4 is 16.0 Å². The molecule has 1 aliphatic rings. The first kappa shape index (κ1) is 16.1. The van der Waals surface area contributed by atoms with Crippen LogP contribution in [0.15, 0.2) is 29.1 Å². The average Bonchev–Trinajstić information content (AvgIpc) is 2.55. The molecule has 0 radical (unpaired) electrons. The fourth-order valence-corrected chi connectivity index (χ4v) is 3.67. The summed E-state index contributed by atoms with van der Waals surface area (Å²) in [5.41, 5.74) is 8.06. The standard InChI is InChI=1S/C19H26N2O2/c1-13-11-19(22)21(10-9-14-3-5-15(20)6-4-14)18-12-16(23-2)7-8-17(13)18/h7-8,11-12,14-15H,3-6,9-10,20H2,1-2H3. The summed E-state index contributed by atoms with van der Waals surface area (Å²) in [6.45, 7) is 2.76. The predicted molar refractivity (Wildman–Crippen MR) is 94.0 cm³/mol. The number of nitrogens with zero attached hydrogens (tertiary/aromatic N) is 1. The van der Waals surface area contributed by atoms with Gasteiger partial charge in [-0.05, 0) is 62.6 Å². The minimum Gasteiger partial charge on any atom is -0.497 e. The van der Waals surface area contributed by atoms with E-state index < -0.39 is 0 Å². The van der Waals surface area contributed by atoms with Crippen LogP contribution in [-0.2, 0) is 6.54 Å². The quantitative estimate of drug-likeness (QED) is 0.942. The lowest BCUT2D eigenvalue weighted by atomic mass is 9.84. The SMILES string of the molecule is COc1ccc2c(C)cc(=O)n(CCC3CCC(N)CC3)c2c1. The van der Waals surface area contributed by atoms with Gasteiger partial charge in [-0.15, -0.1) is 0 Å². The van der Waals surface area contributed by atoms with Crippen molar-refractivity contribution in [1.82, 2.24) is 4.57 Å². The Hall–Kier alpha value is -1.81. The second-order valence-corrected chi connectivity index (χ2v) is 6.77. The molecule has 3 rings (SSSR count). The second kappa shape index (κ2) is 6.75. The van der Waals surface area contributed by atoms with E-state index in [1.807, 2.05) is 29.7 Å². The van der Waals surface area contributed by atoms with Crippen LogP contribution in [0.1, 0.15) is 37.7 Å². The Morgan fingerprint density at radius 2 is 1.96 bits per heavy atom. The predicted octanol–water partition coefficient (Wildman–Crippen LogP) is 3.23. The molecule has 0 bridgehead atoms. The molecular formula is C19H26N2O2. The highest BCUT2D eigenvalue weighted by Gasteiger charge is 2.19. The minimum atomic E-state index is 0.0794. The highest BCUT2D eigenvalue weighted by molar-refractivity contribution is 5.83. The maximum absolute atomic E-state index is 12.5. The molecule has 1 saturated carbocycles. The Labute approximate surface area is 137 Å². The van der Waals surface area contributed by atoms with Gasteiger partial charge in [-0.25, -0.2) is 0 Å². The van der Waals surface area contributed by atoms with Crippen molar-refractivity contribution in [2.45, 2.75) is 51.6 Å². The van der Waals surface area contributed by atoms with Gasteiger partial charge in [0.05, 0.1) is 12.6 Å². The lowest BCUT2D eigenvalue weighted by Crippen LogP contribution is -2.28. The molecule has 1 aromatic heterocycles. The fourth-order valence-electron chi connectivity index (χ4n) is 3.67. The Kier molecular flexibility index (Phi) is 4.71. The van der Waals surface area contributed by atoms with Gasteiger partial charge in [0, 0.05) is 30.1 Å². The van der Waals surface area contributed by atoms with E-state index in [1.165, 1.54) is 12.8 Å². The molecule has 124 valence electrons. The van der Waals surface area contributed by atoms with Crippen LogP contribution >= 0.6 is 0 Å². The molecular weight excluding hydrogens is 288 g/mol. The summed E-state index contributed by atoms with van der Waals surface area (Å²) in [5.74, 6) is 1.48. The van der Waals surface area contributed by atoms with Gasteiger partial charge >= 0.3 is 0 Å². The molecule has 4 heteroatoms. The summed E-state index contributed by atoms with van der Waals surface area (Å²) in [6.07, 6.45) is 5.64. The van der Waals surface area contributed by atoms with Gasteiger partial charge in [-0.3, -0.25) is 4.79 Å². The van der Waals surface area contributed by atoms with Crippen molar-refractivity contribution in [2.75, 3.05) is 7.11 Å². The third kappa shape index (κ3) is 3.42. The Balaban J connectivity index is 1.88. The zero-order chi connectivity index (χ0) is 16.4. The van der Waals surface area contributed by atoms with Crippen molar-refractivity contribution in [3.05, 3.63) is 40.2 Å². The highest BCUT2D eigenvalue weighted by Crippen LogP contribution is 2.27. The minimum absolute atomic E-state index is 0.0794. The van der Waals surface area contributed by atoms with E-state index in [2.05, 4.69) is 0 Å². The first-order valence-electron chi connectivity index (χ1n) is 8.52. The fraction of sp³-hybridized carbons (Fsp3) is 0.526. The molecule has 0 spiro atoms. The van der Waals surface area contributed by atoms with Gasteiger partial charge in [-0.2, -0.15) is 0 Å². The molecule has 1 aromatic carbocycles. The maximum Gasteiger partial charge on any atom is 0.251 e. The number of pyridine rings is 1. The van der Waals surface area contributed by atoms with E-state index in [0.29, 0.717) is 12.0 Å². The van der Waals surface area contributed by atoms with Crippen LogP contribution in [0, 0.1) is 12.8 Å². The summed E-state index contributed by atoms with van der Waals surface area (Å²) in [4.78, 5) is 12.5. The zero-order valence-electron chi connectivity index (χ0n) is 14.0. The molecule has 1 aliphatic carbocycles. The van der Waals surface area contributed by atoms with Crippen LogP contribution in [0.5, 0.6) is 5.75 Å². The van der Waals surface area contributed by atoms with Crippen molar-refractivity contribution >= 4 is 10.9 Å². The van der Waals surface area contributed by atoms with Crippen LogP contribution in [0.2, 0.25) is 0 Å². The van der Waals surface area contributed by atoms with E-state index in [4.69, 9.17) is 10.5 Å². The van der Waals surface area contributed by atoms with Crippen LogP contribution in [0.25, 0.3) is 10.9 Å². The Bertz CT molecular complexity index is 743. The molecule has 0 unspecified atom stereocenters. The number of hydrogen-bond acceptors (Lipinski definition) is 3. The smallest absolute Gasteiger partial charge is 0.251 e. The van der Waals surface area contributed by atoms with Crippen LogP contribution in [0.4, 0.5) is 0 Å². The molecule has 1 heterocycles. The van der Waals surface area contributed by atoms with Gasteiger partial charge in [0.2, 0.25) is 0 Å². The molecule has 23 heavy (non-hydrogen) atoms. The molecule has 2 N–H and O–H groups in total. The van der Waals surface area contributed by atoms with Crippen molar-refractivity contribution in [1.29, 1.82) is 0 Å². The number of nitrogens with two attached hydrogens (primary N) is 1. The van der Waals surface area contributed by atoms with Crippen molar-refractivity contribution in [3.8, 4) is 5.75 Å². The molecule has 1 fully saturated rings. The second-order valence-electron chi connectivity index (χ2n) is 6.77. The van der Waals surface area contributed by atoms with E-state index >= 15 is 0 Å². The lowest BCUT2D eigenvalue weighted by molar-refractivity contribution is 0.299. The van der Waals surface area contributed by atoms with Crippen LogP contribution in [-0.4, -0.2) is 17.7 Å². The van der Waals surface area contributed by atoms with E-state index in [0.717, 1.165) is 48.0 Å². The first-order valence-corrected chi connectivity index (χ1v) is 8.52. The van der Waals surface area contributed by atoms with Gasteiger partial charge in [0.25, 0.3) is 5.56 Å². The number of rotatable bonds is 4. The monoisotopic (exact) mass is 314 g/mol. The van der Waals surface area contributed by atoms with Crippen molar-refractivity contribution < 1.29 is 4.74 Å². The number of fused-ring (bicyclic) bond motifs is 1. The molecule has 2 aromatic rings. The largest absolute Gasteiger partial charge is 0.497 e. The van der Waals surface area contributed by atoms with Gasteiger partial charge in [-0.1, -0.05) is 0 Å². The first-order chi connectivity index (χ1) is 11.1. The summed E-state index contributed by atoms with van der Waals surface area (Å²) in [6, 6.07) is 8.08. The Morgan fingerprint density at radius 3 is 2.65 bits per heavy atom. The molecule has 0 aliphatic heterocycles. The van der Waals surface area contributed by atoms with Gasteiger partial charge in [0.15, 0.2) is 0 Å². The summed E-state index contributed by atoms with van der Waals surface area (Å²) in [5, 5.41) is 1.12. The third-order valence-corrected chi connectivity index (χ3v) is 5.18. The zero-order valence-corrected chi connectivity index (χ0v) is 14.0. The summed E-state index contributed by atoms with van der Waals surface area (Å²) in [7, 11) is 1.66. The van der Waals surface area contributed by atoms with Crippen molar-refractivity contribution in [2.24, 2.45) is 11.7 Å². The molecule has 0 amide bonds. The van der Waals surface area contributed by atoms with Crippen LogP contribution in [0.3, 0.4) is 0 Å². The summed E-state index contributed by atoms with van der Waals surface area (Å²) >= 11 is 0. The number of benzene rings is 1. The van der Waals surface area contributed by atoms with Gasteiger partial charge in [0.1, 0.15) is 5.75 Å². The number of aryl methyl sites for hydroxylation is 2. The number of aromatic nitrogens is 1. The number of methoxy groups -OCH3 is 1. The molecule has 4 nitrogen and oxygen atoms in total. The highest BCUT2D eigenvalue weighted by atomic mass is 16.5. The molecule has 0 saturated heterocycles. The maximum atomic E-state index is 12.5. The number of ether oxygens (including phenoxy) is 1.